The minimum Gasteiger partial charge on any atom is -0.478 e. The molecule has 0 spiro atoms. The maximum absolute atomic E-state index is 5.74. The van der Waals surface area contributed by atoms with E-state index in [0.717, 1.165) is 32.7 Å². The van der Waals surface area contributed by atoms with E-state index in [1.54, 1.807) is 12.3 Å². The Morgan fingerprint density at radius 1 is 1.50 bits per heavy atom. The molecule has 1 atom stereocenters. The molecule has 112 valence electrons. The quantitative estimate of drug-likeness (QED) is 0.814. The Balaban J connectivity index is 1.81. The standard InChI is InChI=1S/C14H24N4O2/c1-3-8-20-13-5-6-15-14(17-13)16-10-12-11-18(4-2)7-9-19-12/h5-6,12H,3-4,7-11H2,1-2H3,(H,15,16,17). The molecule has 0 amide bonds. The lowest BCUT2D eigenvalue weighted by Crippen LogP contribution is -2.45. The van der Waals surface area contributed by atoms with Crippen molar-refractivity contribution in [2.75, 3.05) is 44.7 Å². The number of ether oxygens (including phenoxy) is 2. The highest BCUT2D eigenvalue weighted by atomic mass is 16.5. The van der Waals surface area contributed by atoms with Gasteiger partial charge in [-0.1, -0.05) is 13.8 Å². The summed E-state index contributed by atoms with van der Waals surface area (Å²) in [6, 6.07) is 1.77. The molecule has 6 heteroatoms. The number of hydrogen-bond acceptors (Lipinski definition) is 6. The summed E-state index contributed by atoms with van der Waals surface area (Å²) in [5.41, 5.74) is 0. The molecule has 0 aliphatic carbocycles. The number of aromatic nitrogens is 2. The molecular formula is C14H24N4O2. The molecule has 1 aromatic heterocycles. The van der Waals surface area contributed by atoms with E-state index in [2.05, 4.69) is 34.0 Å². The van der Waals surface area contributed by atoms with E-state index in [-0.39, 0.29) is 6.10 Å². The third kappa shape index (κ3) is 4.61. The zero-order valence-electron chi connectivity index (χ0n) is 12.3. The first-order valence-electron chi connectivity index (χ1n) is 7.35. The Morgan fingerprint density at radius 2 is 2.40 bits per heavy atom. The predicted molar refractivity (Wildman–Crippen MR) is 78.2 cm³/mol. The summed E-state index contributed by atoms with van der Waals surface area (Å²) in [5.74, 6) is 1.21. The van der Waals surface area contributed by atoms with Gasteiger partial charge in [-0.3, -0.25) is 4.90 Å². The van der Waals surface area contributed by atoms with Gasteiger partial charge in [-0.25, -0.2) is 4.98 Å². The first-order valence-corrected chi connectivity index (χ1v) is 7.35. The second kappa shape index (κ2) is 8.01. The summed E-state index contributed by atoms with van der Waals surface area (Å²) >= 11 is 0. The Labute approximate surface area is 120 Å². The average molecular weight is 280 g/mol. The molecule has 1 N–H and O–H groups in total. The maximum atomic E-state index is 5.74. The van der Waals surface area contributed by atoms with Crippen molar-refractivity contribution in [2.45, 2.75) is 26.4 Å². The molecule has 0 bridgehead atoms. The minimum absolute atomic E-state index is 0.188. The number of hydrogen-bond donors (Lipinski definition) is 1. The number of likely N-dealkylation sites (N-methyl/N-ethyl adjacent to an activating group) is 1. The van der Waals surface area contributed by atoms with Crippen LogP contribution in [-0.2, 0) is 4.74 Å². The van der Waals surface area contributed by atoms with Gasteiger partial charge in [0.25, 0.3) is 0 Å². The Kier molecular flexibility index (Phi) is 6.01. The zero-order valence-corrected chi connectivity index (χ0v) is 12.3. The molecule has 2 heterocycles. The summed E-state index contributed by atoms with van der Waals surface area (Å²) in [6.07, 6.45) is 2.86. The van der Waals surface area contributed by atoms with E-state index in [9.17, 15) is 0 Å². The van der Waals surface area contributed by atoms with Gasteiger partial charge in [0.15, 0.2) is 0 Å². The molecule has 6 nitrogen and oxygen atoms in total. The van der Waals surface area contributed by atoms with E-state index < -0.39 is 0 Å². The van der Waals surface area contributed by atoms with Crippen molar-refractivity contribution in [1.82, 2.24) is 14.9 Å². The molecule has 0 saturated carbocycles. The fraction of sp³-hybridized carbons (Fsp3) is 0.714. The number of morpholine rings is 1. The summed E-state index contributed by atoms with van der Waals surface area (Å²) in [7, 11) is 0. The lowest BCUT2D eigenvalue weighted by Gasteiger charge is -2.32. The zero-order chi connectivity index (χ0) is 14.2. The first-order chi connectivity index (χ1) is 9.81. The van der Waals surface area contributed by atoms with Gasteiger partial charge in [0.2, 0.25) is 11.8 Å². The second-order valence-electron chi connectivity index (χ2n) is 4.83. The van der Waals surface area contributed by atoms with Crippen molar-refractivity contribution >= 4 is 5.95 Å². The van der Waals surface area contributed by atoms with Crippen LogP contribution in [0.1, 0.15) is 20.3 Å². The van der Waals surface area contributed by atoms with Crippen molar-refractivity contribution in [1.29, 1.82) is 0 Å². The fourth-order valence-corrected chi connectivity index (χ4v) is 2.11. The van der Waals surface area contributed by atoms with Gasteiger partial charge in [0, 0.05) is 31.9 Å². The average Bonchev–Trinajstić information content (AvgIpc) is 2.51. The van der Waals surface area contributed by atoms with Crippen LogP contribution in [0.3, 0.4) is 0 Å². The van der Waals surface area contributed by atoms with E-state index in [1.807, 2.05) is 0 Å². The number of nitrogens with one attached hydrogen (secondary N) is 1. The number of nitrogens with zero attached hydrogens (tertiary/aromatic N) is 3. The van der Waals surface area contributed by atoms with E-state index in [4.69, 9.17) is 9.47 Å². The van der Waals surface area contributed by atoms with Crippen LogP contribution in [-0.4, -0.2) is 60.4 Å². The van der Waals surface area contributed by atoms with E-state index >= 15 is 0 Å². The lowest BCUT2D eigenvalue weighted by atomic mass is 10.2. The Hall–Kier alpha value is -1.40. The van der Waals surface area contributed by atoms with Crippen molar-refractivity contribution in [3.63, 3.8) is 0 Å². The molecule has 20 heavy (non-hydrogen) atoms. The van der Waals surface area contributed by atoms with Crippen LogP contribution in [0.4, 0.5) is 5.95 Å². The largest absolute Gasteiger partial charge is 0.478 e. The monoisotopic (exact) mass is 280 g/mol. The second-order valence-corrected chi connectivity index (χ2v) is 4.83. The summed E-state index contributed by atoms with van der Waals surface area (Å²) in [4.78, 5) is 10.9. The van der Waals surface area contributed by atoms with Gasteiger partial charge in [0.05, 0.1) is 19.3 Å². The maximum Gasteiger partial charge on any atom is 0.226 e. The summed E-state index contributed by atoms with van der Waals surface area (Å²) in [6.45, 7) is 9.46. The molecule has 1 aliphatic heterocycles. The van der Waals surface area contributed by atoms with E-state index in [1.165, 1.54) is 0 Å². The molecule has 1 unspecified atom stereocenters. The first kappa shape index (κ1) is 15.0. The molecule has 0 aromatic carbocycles. The molecule has 2 rings (SSSR count). The van der Waals surface area contributed by atoms with Gasteiger partial charge < -0.3 is 14.8 Å². The Morgan fingerprint density at radius 3 is 3.20 bits per heavy atom. The highest BCUT2D eigenvalue weighted by Gasteiger charge is 2.19. The van der Waals surface area contributed by atoms with Gasteiger partial charge in [-0.15, -0.1) is 0 Å². The third-order valence-electron chi connectivity index (χ3n) is 3.24. The highest BCUT2D eigenvalue weighted by Crippen LogP contribution is 2.10. The molecule has 1 fully saturated rings. The van der Waals surface area contributed by atoms with Gasteiger partial charge in [-0.05, 0) is 13.0 Å². The van der Waals surface area contributed by atoms with Crippen LogP contribution in [0.15, 0.2) is 12.3 Å². The highest BCUT2D eigenvalue weighted by molar-refractivity contribution is 5.27. The normalized spacial score (nSPS) is 19.8. The van der Waals surface area contributed by atoms with Crippen LogP contribution in [0.25, 0.3) is 0 Å². The predicted octanol–water partition coefficient (Wildman–Crippen LogP) is 1.40. The van der Waals surface area contributed by atoms with Gasteiger partial charge in [-0.2, -0.15) is 4.98 Å². The van der Waals surface area contributed by atoms with Crippen molar-refractivity contribution < 1.29 is 9.47 Å². The molecule has 1 saturated heterocycles. The minimum atomic E-state index is 0.188. The van der Waals surface area contributed by atoms with Crippen LogP contribution in [0, 0.1) is 0 Å². The van der Waals surface area contributed by atoms with Crippen molar-refractivity contribution in [2.24, 2.45) is 0 Å². The molecule has 1 aliphatic rings. The van der Waals surface area contributed by atoms with Crippen LogP contribution < -0.4 is 10.1 Å². The lowest BCUT2D eigenvalue weighted by molar-refractivity contribution is -0.0192. The van der Waals surface area contributed by atoms with Crippen LogP contribution >= 0.6 is 0 Å². The van der Waals surface area contributed by atoms with Crippen LogP contribution in [0.5, 0.6) is 5.88 Å². The SMILES string of the molecule is CCCOc1ccnc(NCC2CN(CC)CCO2)n1. The fourth-order valence-electron chi connectivity index (χ4n) is 2.11. The molecule has 0 radical (unpaired) electrons. The smallest absolute Gasteiger partial charge is 0.226 e. The summed E-state index contributed by atoms with van der Waals surface area (Å²) < 4.78 is 11.2. The third-order valence-corrected chi connectivity index (χ3v) is 3.24. The number of rotatable bonds is 7. The van der Waals surface area contributed by atoms with Gasteiger partial charge in [0.1, 0.15) is 0 Å². The Bertz CT molecular complexity index is 403. The van der Waals surface area contributed by atoms with Crippen molar-refractivity contribution in [3.05, 3.63) is 12.3 Å². The van der Waals surface area contributed by atoms with Gasteiger partial charge >= 0.3 is 0 Å². The summed E-state index contributed by atoms with van der Waals surface area (Å²) in [5, 5.41) is 3.22. The van der Waals surface area contributed by atoms with Crippen LogP contribution in [0.2, 0.25) is 0 Å². The van der Waals surface area contributed by atoms with E-state index in [0.29, 0.717) is 25.0 Å². The topological polar surface area (TPSA) is 59.5 Å². The van der Waals surface area contributed by atoms with Crippen molar-refractivity contribution in [3.8, 4) is 5.88 Å². The number of anilines is 1. The molecular weight excluding hydrogens is 256 g/mol. The molecule has 1 aromatic rings.